The molecular weight excluding hydrogens is 330 g/mol. The first-order valence-electron chi connectivity index (χ1n) is 8.77. The molecule has 0 aliphatic carbocycles. The van der Waals surface area contributed by atoms with Crippen LogP contribution in [0, 0.1) is 13.8 Å². The minimum Gasteiger partial charge on any atom is -0.356 e. The summed E-state index contributed by atoms with van der Waals surface area (Å²) in [5, 5.41) is 2.11. The highest BCUT2D eigenvalue weighted by molar-refractivity contribution is 7.07. The quantitative estimate of drug-likeness (QED) is 0.716. The van der Waals surface area contributed by atoms with Gasteiger partial charge in [-0.25, -0.2) is 15.0 Å². The van der Waals surface area contributed by atoms with Crippen LogP contribution in [0.2, 0.25) is 0 Å². The summed E-state index contributed by atoms with van der Waals surface area (Å²) in [4.78, 5) is 16.2. The number of nitrogens with zero attached hydrogens (tertiary/aromatic N) is 5. The molecule has 3 aromatic rings. The third kappa shape index (κ3) is 3.58. The number of thiazole rings is 1. The monoisotopic (exact) mass is 353 g/mol. The Bertz CT molecular complexity index is 819. The van der Waals surface area contributed by atoms with Gasteiger partial charge in [-0.2, -0.15) is 0 Å². The van der Waals surface area contributed by atoms with Crippen LogP contribution < -0.4 is 4.90 Å². The Morgan fingerprint density at radius 3 is 2.96 bits per heavy atom. The zero-order valence-electron chi connectivity index (χ0n) is 14.7. The predicted molar refractivity (Wildman–Crippen MR) is 101 cm³/mol. The van der Waals surface area contributed by atoms with E-state index in [0.717, 1.165) is 36.8 Å². The van der Waals surface area contributed by atoms with Crippen LogP contribution in [0.25, 0.3) is 0 Å². The summed E-state index contributed by atoms with van der Waals surface area (Å²) in [6, 6.07) is 4.32. The molecule has 25 heavy (non-hydrogen) atoms. The Kier molecular flexibility index (Phi) is 4.53. The van der Waals surface area contributed by atoms with E-state index in [0.29, 0.717) is 5.92 Å². The third-order valence-corrected chi connectivity index (χ3v) is 5.39. The molecule has 1 aliphatic rings. The van der Waals surface area contributed by atoms with E-state index < -0.39 is 0 Å². The molecule has 4 rings (SSSR count). The van der Waals surface area contributed by atoms with E-state index in [2.05, 4.69) is 57.0 Å². The molecule has 6 heteroatoms. The molecule has 0 unspecified atom stereocenters. The zero-order chi connectivity index (χ0) is 17.2. The molecule has 0 bridgehead atoms. The Labute approximate surface area is 152 Å². The lowest BCUT2D eigenvalue weighted by Gasteiger charge is -2.33. The standard InChI is InChI=1S/C19H23N5S/c1-14-8-15(2)22-18(9-14)23-6-3-4-16(10-23)19-20-5-7-24(19)11-17-12-25-13-21-17/h5,7-9,12-13,16H,3-4,6,10-11H2,1-2H3/t16-/m1/s1. The van der Waals surface area contributed by atoms with Crippen LogP contribution in [0.4, 0.5) is 5.82 Å². The van der Waals surface area contributed by atoms with Crippen LogP contribution in [0.5, 0.6) is 0 Å². The number of hydrogen-bond acceptors (Lipinski definition) is 5. The third-order valence-electron chi connectivity index (χ3n) is 4.76. The Balaban J connectivity index is 1.55. The van der Waals surface area contributed by atoms with Gasteiger partial charge < -0.3 is 9.47 Å². The normalized spacial score (nSPS) is 17.8. The first-order valence-corrected chi connectivity index (χ1v) is 9.71. The fourth-order valence-corrected chi connectivity index (χ4v) is 4.23. The number of rotatable bonds is 4. The van der Waals surface area contributed by atoms with Gasteiger partial charge in [0.15, 0.2) is 0 Å². The fraction of sp³-hybridized carbons (Fsp3) is 0.421. The second kappa shape index (κ2) is 6.96. The summed E-state index contributed by atoms with van der Waals surface area (Å²) in [7, 11) is 0. The summed E-state index contributed by atoms with van der Waals surface area (Å²) in [5.41, 5.74) is 5.35. The molecule has 0 saturated carbocycles. The molecule has 0 aromatic carbocycles. The Hall–Kier alpha value is -2.21. The molecule has 0 radical (unpaired) electrons. The molecular formula is C19H23N5S. The topological polar surface area (TPSA) is 46.8 Å². The van der Waals surface area contributed by atoms with E-state index >= 15 is 0 Å². The van der Waals surface area contributed by atoms with Crippen LogP contribution >= 0.6 is 11.3 Å². The van der Waals surface area contributed by atoms with Crippen LogP contribution in [0.1, 0.15) is 41.5 Å². The van der Waals surface area contributed by atoms with Gasteiger partial charge in [0.25, 0.3) is 0 Å². The maximum Gasteiger partial charge on any atom is 0.129 e. The summed E-state index contributed by atoms with van der Waals surface area (Å²) in [6.45, 7) is 7.05. The van der Waals surface area contributed by atoms with Gasteiger partial charge in [0.1, 0.15) is 11.6 Å². The van der Waals surface area contributed by atoms with E-state index in [4.69, 9.17) is 4.98 Å². The number of aromatic nitrogens is 4. The van der Waals surface area contributed by atoms with Crippen molar-refractivity contribution in [1.82, 2.24) is 19.5 Å². The van der Waals surface area contributed by atoms with Gasteiger partial charge in [0.2, 0.25) is 0 Å². The van der Waals surface area contributed by atoms with Gasteiger partial charge in [-0.05, 0) is 44.4 Å². The number of anilines is 1. The number of pyridine rings is 1. The van der Waals surface area contributed by atoms with Gasteiger partial charge in [-0.15, -0.1) is 11.3 Å². The van der Waals surface area contributed by atoms with Crippen LogP contribution in [0.3, 0.4) is 0 Å². The Morgan fingerprint density at radius 1 is 1.24 bits per heavy atom. The van der Waals surface area contributed by atoms with Gasteiger partial charge in [0, 0.05) is 42.5 Å². The SMILES string of the molecule is Cc1cc(C)nc(N2CCC[C@@H](c3nccn3Cc3cscn3)C2)c1. The summed E-state index contributed by atoms with van der Waals surface area (Å²) < 4.78 is 2.25. The molecule has 3 aromatic heterocycles. The molecule has 0 spiro atoms. The molecule has 1 aliphatic heterocycles. The number of piperidine rings is 1. The molecule has 1 saturated heterocycles. The second-order valence-corrected chi connectivity index (χ2v) is 7.54. The van der Waals surface area contributed by atoms with Gasteiger partial charge in [-0.1, -0.05) is 0 Å². The van der Waals surface area contributed by atoms with E-state index in [9.17, 15) is 0 Å². The van der Waals surface area contributed by atoms with E-state index in [1.807, 2.05) is 11.7 Å². The fourth-order valence-electron chi connectivity index (χ4n) is 3.68. The summed E-state index contributed by atoms with van der Waals surface area (Å²) in [5.74, 6) is 2.70. The molecule has 5 nitrogen and oxygen atoms in total. The lowest BCUT2D eigenvalue weighted by Crippen LogP contribution is -2.36. The van der Waals surface area contributed by atoms with Crippen molar-refractivity contribution in [2.75, 3.05) is 18.0 Å². The van der Waals surface area contributed by atoms with Crippen molar-refractivity contribution in [3.63, 3.8) is 0 Å². The minimum atomic E-state index is 0.435. The van der Waals surface area contributed by atoms with Crippen LogP contribution in [0.15, 0.2) is 35.4 Å². The molecule has 1 fully saturated rings. The molecule has 1 atom stereocenters. The lowest BCUT2D eigenvalue weighted by molar-refractivity contribution is 0.473. The van der Waals surface area contributed by atoms with Crippen molar-refractivity contribution < 1.29 is 0 Å². The maximum absolute atomic E-state index is 4.75. The van der Waals surface area contributed by atoms with Gasteiger partial charge in [0.05, 0.1) is 17.7 Å². The zero-order valence-corrected chi connectivity index (χ0v) is 15.5. The average molecular weight is 353 g/mol. The average Bonchev–Trinajstić information content (AvgIpc) is 3.26. The minimum absolute atomic E-state index is 0.435. The molecule has 130 valence electrons. The molecule has 0 N–H and O–H groups in total. The second-order valence-electron chi connectivity index (χ2n) is 6.82. The van der Waals surface area contributed by atoms with E-state index in [1.54, 1.807) is 11.3 Å². The van der Waals surface area contributed by atoms with Crippen molar-refractivity contribution in [3.8, 4) is 0 Å². The highest BCUT2D eigenvalue weighted by atomic mass is 32.1. The van der Waals surface area contributed by atoms with Crippen molar-refractivity contribution >= 4 is 17.2 Å². The van der Waals surface area contributed by atoms with Crippen molar-refractivity contribution in [1.29, 1.82) is 0 Å². The Morgan fingerprint density at radius 2 is 2.16 bits per heavy atom. The first-order chi connectivity index (χ1) is 12.2. The number of aryl methyl sites for hydroxylation is 2. The van der Waals surface area contributed by atoms with E-state index in [-0.39, 0.29) is 0 Å². The number of imidazole rings is 1. The van der Waals surface area contributed by atoms with Crippen molar-refractivity contribution in [2.24, 2.45) is 0 Å². The van der Waals surface area contributed by atoms with Crippen molar-refractivity contribution in [3.05, 3.63) is 58.2 Å². The van der Waals surface area contributed by atoms with Gasteiger partial charge in [-0.3, -0.25) is 0 Å². The van der Waals surface area contributed by atoms with Crippen molar-refractivity contribution in [2.45, 2.75) is 39.2 Å². The summed E-state index contributed by atoms with van der Waals surface area (Å²) >= 11 is 1.64. The highest BCUT2D eigenvalue weighted by Gasteiger charge is 2.25. The number of hydrogen-bond donors (Lipinski definition) is 0. The first kappa shape index (κ1) is 16.3. The van der Waals surface area contributed by atoms with E-state index in [1.165, 1.54) is 24.2 Å². The summed E-state index contributed by atoms with van der Waals surface area (Å²) in [6.07, 6.45) is 6.33. The highest BCUT2D eigenvalue weighted by Crippen LogP contribution is 2.29. The molecule has 4 heterocycles. The van der Waals surface area contributed by atoms with Gasteiger partial charge >= 0.3 is 0 Å². The van der Waals surface area contributed by atoms with Crippen LogP contribution in [-0.2, 0) is 6.54 Å². The largest absolute Gasteiger partial charge is 0.356 e. The lowest BCUT2D eigenvalue weighted by atomic mass is 9.97. The maximum atomic E-state index is 4.75. The predicted octanol–water partition coefficient (Wildman–Crippen LogP) is 3.78. The molecule has 0 amide bonds. The van der Waals surface area contributed by atoms with Crippen LogP contribution in [-0.4, -0.2) is 32.6 Å². The smallest absolute Gasteiger partial charge is 0.129 e.